The molecule has 2 aliphatic rings. The Bertz CT molecular complexity index is 1680. The molecule has 11 nitrogen and oxygen atoms in total. The Kier molecular flexibility index (Phi) is 6.55. The predicted octanol–water partition coefficient (Wildman–Crippen LogP) is 3.59. The van der Waals surface area contributed by atoms with Gasteiger partial charge in [-0.05, 0) is 47.5 Å². The molecular weight excluding hydrogens is 548 g/mol. The summed E-state index contributed by atoms with van der Waals surface area (Å²) < 4.78 is 17.6. The van der Waals surface area contributed by atoms with Crippen LogP contribution >= 0.6 is 0 Å². The standard InChI is InChI=1S/C31H28O11/c1-40-24-7-3-14(9-22(24)37)29-23(38)11-17-20(35)12-25-27(30(17)42-29)26(13-2-6-18(33)21(36)8-13)28(39)31(41-25)16-5-4-15(32)10-19(16)34/h2-10,12,23,26,28-29,31-39H,11H2,1H3/t23-,26-,28+,29+,31+/m0/s1. The largest absolute Gasteiger partial charge is 0.508 e. The van der Waals surface area contributed by atoms with E-state index in [1.54, 1.807) is 6.07 Å². The monoisotopic (exact) mass is 576 g/mol. The fourth-order valence-corrected chi connectivity index (χ4v) is 5.77. The third-order valence-electron chi connectivity index (χ3n) is 7.80. The number of phenolic OH excluding ortho intramolecular Hbond substituents is 6. The zero-order valence-electron chi connectivity index (χ0n) is 22.2. The summed E-state index contributed by atoms with van der Waals surface area (Å²) in [4.78, 5) is 0. The maximum atomic E-state index is 11.8. The summed E-state index contributed by atoms with van der Waals surface area (Å²) >= 11 is 0. The maximum Gasteiger partial charge on any atom is 0.160 e. The van der Waals surface area contributed by atoms with Gasteiger partial charge >= 0.3 is 0 Å². The quantitative estimate of drug-likeness (QED) is 0.166. The molecule has 0 aliphatic carbocycles. The molecule has 2 aliphatic heterocycles. The van der Waals surface area contributed by atoms with Crippen LogP contribution in [0.25, 0.3) is 0 Å². The van der Waals surface area contributed by atoms with E-state index in [1.807, 2.05) is 0 Å². The molecule has 0 radical (unpaired) electrons. The molecule has 42 heavy (non-hydrogen) atoms. The minimum absolute atomic E-state index is 0.0439. The maximum absolute atomic E-state index is 11.8. The van der Waals surface area contributed by atoms with Crippen molar-refractivity contribution in [3.8, 4) is 51.7 Å². The predicted molar refractivity (Wildman–Crippen MR) is 147 cm³/mol. The fraction of sp³-hybridized carbons (Fsp3) is 0.226. The topological polar surface area (TPSA) is 190 Å². The van der Waals surface area contributed by atoms with E-state index in [0.717, 1.165) is 6.07 Å². The van der Waals surface area contributed by atoms with Gasteiger partial charge in [0.05, 0.1) is 13.2 Å². The smallest absolute Gasteiger partial charge is 0.160 e. The zero-order valence-corrected chi connectivity index (χ0v) is 22.2. The van der Waals surface area contributed by atoms with E-state index >= 15 is 0 Å². The molecule has 0 amide bonds. The number of aromatic hydroxyl groups is 6. The molecule has 0 saturated heterocycles. The molecule has 2 heterocycles. The van der Waals surface area contributed by atoms with Crippen LogP contribution in [0.2, 0.25) is 0 Å². The number of fused-ring (bicyclic) bond motifs is 3. The van der Waals surface area contributed by atoms with Crippen LogP contribution in [0.5, 0.6) is 51.7 Å². The van der Waals surface area contributed by atoms with Crippen molar-refractivity contribution in [3.63, 3.8) is 0 Å². The second-order valence-electron chi connectivity index (χ2n) is 10.4. The molecular formula is C31H28O11. The molecule has 0 fully saturated rings. The number of ether oxygens (including phenoxy) is 3. The molecule has 4 aromatic carbocycles. The molecule has 5 atom stereocenters. The molecule has 0 saturated carbocycles. The van der Waals surface area contributed by atoms with E-state index in [-0.39, 0.29) is 63.5 Å². The van der Waals surface area contributed by atoms with Crippen LogP contribution in [0.15, 0.2) is 60.7 Å². The second kappa shape index (κ2) is 10.1. The van der Waals surface area contributed by atoms with Gasteiger partial charge in [-0.1, -0.05) is 12.1 Å². The Hall–Kier alpha value is -5.00. The number of hydrogen-bond donors (Lipinski definition) is 8. The Balaban J connectivity index is 1.53. The van der Waals surface area contributed by atoms with Gasteiger partial charge in [0.2, 0.25) is 0 Å². The van der Waals surface area contributed by atoms with Gasteiger partial charge < -0.3 is 55.1 Å². The molecule has 0 spiro atoms. The average molecular weight is 577 g/mol. The van der Waals surface area contributed by atoms with Gasteiger partial charge in [-0.3, -0.25) is 0 Å². The second-order valence-corrected chi connectivity index (χ2v) is 10.4. The van der Waals surface area contributed by atoms with E-state index < -0.39 is 36.1 Å². The van der Waals surface area contributed by atoms with Crippen LogP contribution in [0.1, 0.15) is 45.9 Å². The highest BCUT2D eigenvalue weighted by molar-refractivity contribution is 5.64. The van der Waals surface area contributed by atoms with Crippen molar-refractivity contribution in [3.05, 3.63) is 88.5 Å². The van der Waals surface area contributed by atoms with E-state index in [0.29, 0.717) is 16.7 Å². The molecule has 0 bridgehead atoms. The normalized spacial score (nSPS) is 22.8. The van der Waals surface area contributed by atoms with Crippen LogP contribution in [-0.4, -0.2) is 60.2 Å². The SMILES string of the molecule is COc1ccc([C@H]2Oc3c(c(O)cc4c3[C@H](c3ccc(O)c(O)c3)[C@@H](O)[C@@H](c3ccc(O)cc3O)O4)C[C@@H]2O)cc1O. The highest BCUT2D eigenvalue weighted by Gasteiger charge is 2.45. The number of hydrogen-bond acceptors (Lipinski definition) is 11. The van der Waals surface area contributed by atoms with Crippen molar-refractivity contribution < 1.29 is 55.1 Å². The molecule has 0 unspecified atom stereocenters. The Labute approximate surface area is 239 Å². The number of aliphatic hydroxyl groups excluding tert-OH is 2. The number of benzene rings is 4. The van der Waals surface area contributed by atoms with Crippen LogP contribution in [0, 0.1) is 0 Å². The molecule has 0 aromatic heterocycles. The Morgan fingerprint density at radius 2 is 1.43 bits per heavy atom. The lowest BCUT2D eigenvalue weighted by atomic mass is 9.77. The summed E-state index contributed by atoms with van der Waals surface area (Å²) in [5.41, 5.74) is 1.48. The number of phenols is 6. The lowest BCUT2D eigenvalue weighted by molar-refractivity contribution is -0.00286. The molecule has 4 aromatic rings. The number of rotatable bonds is 4. The van der Waals surface area contributed by atoms with Crippen molar-refractivity contribution in [1.82, 2.24) is 0 Å². The lowest BCUT2D eigenvalue weighted by Gasteiger charge is -2.41. The summed E-state index contributed by atoms with van der Waals surface area (Å²) in [7, 11) is 1.41. The van der Waals surface area contributed by atoms with Crippen LogP contribution < -0.4 is 14.2 Å². The van der Waals surface area contributed by atoms with Crippen molar-refractivity contribution in [2.75, 3.05) is 7.11 Å². The van der Waals surface area contributed by atoms with Gasteiger partial charge in [0, 0.05) is 41.2 Å². The van der Waals surface area contributed by atoms with Crippen LogP contribution in [0.4, 0.5) is 0 Å². The van der Waals surface area contributed by atoms with Gasteiger partial charge in [-0.15, -0.1) is 0 Å². The number of aliphatic hydroxyl groups is 2. The number of methoxy groups -OCH3 is 1. The Morgan fingerprint density at radius 3 is 2.12 bits per heavy atom. The summed E-state index contributed by atoms with van der Waals surface area (Å²) in [6.07, 6.45) is -4.77. The molecule has 218 valence electrons. The van der Waals surface area contributed by atoms with Gasteiger partial charge in [0.25, 0.3) is 0 Å². The van der Waals surface area contributed by atoms with Gasteiger partial charge in [-0.2, -0.15) is 0 Å². The summed E-state index contributed by atoms with van der Waals surface area (Å²) in [6, 6.07) is 13.7. The third-order valence-corrected chi connectivity index (χ3v) is 7.80. The first-order valence-electron chi connectivity index (χ1n) is 13.1. The Morgan fingerprint density at radius 1 is 0.690 bits per heavy atom. The van der Waals surface area contributed by atoms with Gasteiger partial charge in [0.1, 0.15) is 41.0 Å². The minimum Gasteiger partial charge on any atom is -0.508 e. The fourth-order valence-electron chi connectivity index (χ4n) is 5.77. The summed E-state index contributed by atoms with van der Waals surface area (Å²) in [5.74, 6) is -2.29. The van der Waals surface area contributed by atoms with Crippen molar-refractivity contribution >= 4 is 0 Å². The minimum atomic E-state index is -1.41. The lowest BCUT2D eigenvalue weighted by Crippen LogP contribution is -2.37. The van der Waals surface area contributed by atoms with Crippen molar-refractivity contribution in [2.24, 2.45) is 0 Å². The van der Waals surface area contributed by atoms with E-state index in [2.05, 4.69) is 0 Å². The summed E-state index contributed by atoms with van der Waals surface area (Å²) in [5, 5.41) is 84.8. The highest BCUT2D eigenvalue weighted by Crippen LogP contribution is 2.56. The highest BCUT2D eigenvalue weighted by atomic mass is 16.5. The first kappa shape index (κ1) is 27.2. The van der Waals surface area contributed by atoms with Crippen LogP contribution in [-0.2, 0) is 6.42 Å². The molecule has 6 rings (SSSR count). The van der Waals surface area contributed by atoms with Gasteiger partial charge in [0.15, 0.2) is 29.1 Å². The molecule has 11 heteroatoms. The third kappa shape index (κ3) is 4.39. The van der Waals surface area contributed by atoms with E-state index in [9.17, 15) is 40.9 Å². The van der Waals surface area contributed by atoms with Crippen molar-refractivity contribution in [2.45, 2.75) is 36.8 Å². The van der Waals surface area contributed by atoms with E-state index in [4.69, 9.17) is 14.2 Å². The summed E-state index contributed by atoms with van der Waals surface area (Å²) in [6.45, 7) is 0. The van der Waals surface area contributed by atoms with Gasteiger partial charge in [-0.25, -0.2) is 0 Å². The first-order valence-corrected chi connectivity index (χ1v) is 13.1. The van der Waals surface area contributed by atoms with Crippen LogP contribution in [0.3, 0.4) is 0 Å². The average Bonchev–Trinajstić information content (AvgIpc) is 2.95. The zero-order chi connectivity index (χ0) is 29.9. The first-order chi connectivity index (χ1) is 20.1. The van der Waals surface area contributed by atoms with E-state index in [1.165, 1.54) is 55.6 Å². The van der Waals surface area contributed by atoms with Crippen molar-refractivity contribution in [1.29, 1.82) is 0 Å². The molecule has 8 N–H and O–H groups in total.